The number of ketones is 1. The Balaban J connectivity index is 2.41. The Hall–Kier alpha value is -1.40. The van der Waals surface area contributed by atoms with Gasteiger partial charge in [0.2, 0.25) is 0 Å². The number of unbranched alkanes of at least 4 members (excludes halogenated alkanes) is 1. The van der Waals surface area contributed by atoms with Crippen molar-refractivity contribution >= 4 is 23.5 Å². The molecule has 5 nitrogen and oxygen atoms in total. The second-order valence-electron chi connectivity index (χ2n) is 5.08. The van der Waals surface area contributed by atoms with Crippen LogP contribution in [-0.4, -0.2) is 46.4 Å². The molecular formula is C16H24N2O3S. The summed E-state index contributed by atoms with van der Waals surface area (Å²) in [5.74, 6) is -0.177. The zero-order valence-corrected chi connectivity index (χ0v) is 13.8. The van der Waals surface area contributed by atoms with Crippen molar-refractivity contribution < 1.29 is 14.7 Å². The Morgan fingerprint density at radius 1 is 1.41 bits per heavy atom. The van der Waals surface area contributed by atoms with Crippen molar-refractivity contribution in [1.29, 1.82) is 0 Å². The molecule has 0 saturated heterocycles. The average molecular weight is 324 g/mol. The third-order valence-corrected chi connectivity index (χ3v) is 4.32. The first-order valence-corrected chi connectivity index (χ1v) is 8.75. The molecule has 0 spiro atoms. The van der Waals surface area contributed by atoms with Gasteiger partial charge in [0.15, 0.2) is 5.78 Å². The number of hydrogen-bond donors (Lipinski definition) is 2. The minimum absolute atomic E-state index is 0.135. The third kappa shape index (κ3) is 7.56. The number of carbonyl (C=O) groups is 2. The maximum Gasteiger partial charge on any atom is 0.304 e. The molecule has 0 amide bonds. The van der Waals surface area contributed by atoms with Crippen molar-refractivity contribution in [3.05, 3.63) is 30.1 Å². The fraction of sp³-hybridized carbons (Fsp3) is 0.562. The van der Waals surface area contributed by atoms with Crippen LogP contribution in [0.5, 0.6) is 0 Å². The van der Waals surface area contributed by atoms with Gasteiger partial charge in [0, 0.05) is 41.9 Å². The topological polar surface area (TPSA) is 79.3 Å². The van der Waals surface area contributed by atoms with Gasteiger partial charge >= 0.3 is 5.97 Å². The van der Waals surface area contributed by atoms with Crippen LogP contribution in [0.25, 0.3) is 0 Å². The molecule has 1 aromatic heterocycles. The molecule has 1 heterocycles. The van der Waals surface area contributed by atoms with E-state index in [1.807, 2.05) is 0 Å². The Morgan fingerprint density at radius 2 is 2.23 bits per heavy atom. The molecule has 122 valence electrons. The first kappa shape index (κ1) is 18.6. The lowest BCUT2D eigenvalue weighted by molar-refractivity contribution is -0.137. The molecule has 6 heteroatoms. The Kier molecular flexibility index (Phi) is 9.50. The van der Waals surface area contributed by atoms with Crippen LogP contribution in [0.3, 0.4) is 0 Å². The molecule has 0 aliphatic heterocycles. The van der Waals surface area contributed by atoms with Crippen molar-refractivity contribution in [3.63, 3.8) is 0 Å². The number of nitrogens with zero attached hydrogens (tertiary/aromatic N) is 1. The molecular weight excluding hydrogens is 300 g/mol. The number of carboxylic acid groups (broad SMARTS) is 1. The van der Waals surface area contributed by atoms with Crippen LogP contribution in [0.15, 0.2) is 24.5 Å². The summed E-state index contributed by atoms with van der Waals surface area (Å²) in [6.45, 7) is 4.03. The van der Waals surface area contributed by atoms with E-state index in [2.05, 4.69) is 17.2 Å². The highest BCUT2D eigenvalue weighted by Gasteiger charge is 2.23. The largest absolute Gasteiger partial charge is 0.481 e. The molecule has 0 saturated carbocycles. The van der Waals surface area contributed by atoms with E-state index in [4.69, 9.17) is 5.11 Å². The van der Waals surface area contributed by atoms with E-state index in [1.165, 1.54) is 12.6 Å². The summed E-state index contributed by atoms with van der Waals surface area (Å²) in [6.07, 6.45) is 5.28. The molecule has 1 atom stereocenters. The molecule has 2 N–H and O–H groups in total. The van der Waals surface area contributed by atoms with Gasteiger partial charge in [-0.25, -0.2) is 0 Å². The maximum atomic E-state index is 12.4. The highest BCUT2D eigenvalue weighted by atomic mass is 32.2. The van der Waals surface area contributed by atoms with Gasteiger partial charge in [0.05, 0.1) is 6.42 Å². The Bertz CT molecular complexity index is 454. The molecule has 1 rings (SSSR count). The van der Waals surface area contributed by atoms with E-state index < -0.39 is 11.9 Å². The summed E-state index contributed by atoms with van der Waals surface area (Å²) in [5, 5.41) is 12.3. The maximum absolute atomic E-state index is 12.4. The number of Topliss-reactive ketones (excluding diaryl/α,β-unsaturated/α-hetero) is 1. The monoisotopic (exact) mass is 324 g/mol. The fourth-order valence-corrected chi connectivity index (χ4v) is 2.99. The molecule has 0 fully saturated rings. The summed E-state index contributed by atoms with van der Waals surface area (Å²) in [6, 6.07) is 3.37. The number of carbonyl (C=O) groups excluding carboxylic acids is 1. The minimum Gasteiger partial charge on any atom is -0.481 e. The molecule has 0 radical (unpaired) electrons. The van der Waals surface area contributed by atoms with Crippen LogP contribution >= 0.6 is 11.8 Å². The van der Waals surface area contributed by atoms with Crippen LogP contribution in [0, 0.1) is 5.92 Å². The van der Waals surface area contributed by atoms with Gasteiger partial charge in [-0.3, -0.25) is 14.6 Å². The van der Waals surface area contributed by atoms with E-state index >= 15 is 0 Å². The zero-order valence-electron chi connectivity index (χ0n) is 13.0. The van der Waals surface area contributed by atoms with Crippen molar-refractivity contribution in [2.75, 3.05) is 24.6 Å². The van der Waals surface area contributed by atoms with Crippen molar-refractivity contribution in [1.82, 2.24) is 10.3 Å². The quantitative estimate of drug-likeness (QED) is 0.454. The van der Waals surface area contributed by atoms with Gasteiger partial charge in [-0.1, -0.05) is 13.3 Å². The molecule has 0 bridgehead atoms. The van der Waals surface area contributed by atoms with Crippen LogP contribution in [0.4, 0.5) is 0 Å². The smallest absolute Gasteiger partial charge is 0.304 e. The standard InChI is InChI=1S/C16H24N2O3S/c1-2-3-6-17-8-9-22-12-14(10-15(19)20)16(21)13-5-4-7-18-11-13/h4-5,7,11,14,17H,2-3,6,8-10,12H2,1H3,(H,19,20). The predicted molar refractivity (Wildman–Crippen MR) is 89.4 cm³/mol. The van der Waals surface area contributed by atoms with Crippen molar-refractivity contribution in [2.24, 2.45) is 5.92 Å². The van der Waals surface area contributed by atoms with E-state index in [1.54, 1.807) is 30.1 Å². The minimum atomic E-state index is -0.941. The molecule has 0 aromatic carbocycles. The predicted octanol–water partition coefficient (Wildman–Crippen LogP) is 2.48. The number of carboxylic acids is 1. The number of nitrogens with one attached hydrogen (secondary N) is 1. The Labute approximate surface area is 135 Å². The number of thioether (sulfide) groups is 1. The van der Waals surface area contributed by atoms with Gasteiger partial charge in [-0.2, -0.15) is 11.8 Å². The first-order valence-electron chi connectivity index (χ1n) is 7.59. The van der Waals surface area contributed by atoms with Gasteiger partial charge in [0.25, 0.3) is 0 Å². The summed E-state index contributed by atoms with van der Waals surface area (Å²) in [5.41, 5.74) is 0.482. The van der Waals surface area contributed by atoms with Gasteiger partial charge in [0.1, 0.15) is 0 Å². The van der Waals surface area contributed by atoms with Gasteiger partial charge in [-0.05, 0) is 25.1 Å². The SMILES string of the molecule is CCCCNCCSCC(CC(=O)O)C(=O)c1cccnc1. The van der Waals surface area contributed by atoms with Crippen molar-refractivity contribution in [2.45, 2.75) is 26.2 Å². The Morgan fingerprint density at radius 3 is 2.86 bits per heavy atom. The summed E-state index contributed by atoms with van der Waals surface area (Å²) in [4.78, 5) is 27.2. The van der Waals surface area contributed by atoms with Crippen LogP contribution < -0.4 is 5.32 Å². The van der Waals surface area contributed by atoms with E-state index in [-0.39, 0.29) is 12.2 Å². The highest BCUT2D eigenvalue weighted by molar-refractivity contribution is 7.99. The van der Waals surface area contributed by atoms with Crippen molar-refractivity contribution in [3.8, 4) is 0 Å². The lowest BCUT2D eigenvalue weighted by Crippen LogP contribution is -2.23. The van der Waals surface area contributed by atoms with E-state index in [9.17, 15) is 9.59 Å². The summed E-state index contributed by atoms with van der Waals surface area (Å²) in [7, 11) is 0. The lowest BCUT2D eigenvalue weighted by atomic mass is 9.97. The normalized spacial score (nSPS) is 12.0. The zero-order chi connectivity index (χ0) is 16.2. The summed E-state index contributed by atoms with van der Waals surface area (Å²) >= 11 is 1.62. The number of pyridine rings is 1. The second kappa shape index (κ2) is 11.2. The number of rotatable bonds is 12. The number of aromatic nitrogens is 1. The van der Waals surface area contributed by atoms with E-state index in [0.29, 0.717) is 11.3 Å². The molecule has 22 heavy (non-hydrogen) atoms. The average Bonchev–Trinajstić information content (AvgIpc) is 2.52. The molecule has 1 unspecified atom stereocenters. The van der Waals surface area contributed by atoms with Crippen LogP contribution in [-0.2, 0) is 4.79 Å². The molecule has 0 aliphatic carbocycles. The lowest BCUT2D eigenvalue weighted by Gasteiger charge is -2.13. The number of aliphatic carboxylic acids is 1. The molecule has 1 aromatic rings. The number of hydrogen-bond acceptors (Lipinski definition) is 5. The van der Waals surface area contributed by atoms with E-state index in [0.717, 1.165) is 25.3 Å². The third-order valence-electron chi connectivity index (χ3n) is 3.19. The van der Waals surface area contributed by atoms with Gasteiger partial charge in [-0.15, -0.1) is 0 Å². The first-order chi connectivity index (χ1) is 10.6. The fourth-order valence-electron chi connectivity index (χ4n) is 1.98. The molecule has 0 aliphatic rings. The van der Waals surface area contributed by atoms with Crippen LogP contribution in [0.2, 0.25) is 0 Å². The van der Waals surface area contributed by atoms with Gasteiger partial charge < -0.3 is 10.4 Å². The summed E-state index contributed by atoms with van der Waals surface area (Å²) < 4.78 is 0. The van der Waals surface area contributed by atoms with Crippen LogP contribution in [0.1, 0.15) is 36.5 Å². The highest BCUT2D eigenvalue weighted by Crippen LogP contribution is 2.17. The second-order valence-corrected chi connectivity index (χ2v) is 6.23.